The van der Waals surface area contributed by atoms with Crippen molar-refractivity contribution in [3.63, 3.8) is 0 Å². The molecule has 44 valence electrons. The predicted molar refractivity (Wildman–Crippen MR) is 29.7 cm³/mol. The molecule has 0 aromatic heterocycles. The van der Waals surface area contributed by atoms with Crippen LogP contribution in [0.5, 0.6) is 0 Å². The van der Waals surface area contributed by atoms with E-state index in [1.165, 1.54) is 0 Å². The van der Waals surface area contributed by atoms with Gasteiger partial charge >= 0.3 is 0 Å². The summed E-state index contributed by atoms with van der Waals surface area (Å²) < 4.78 is 0. The van der Waals surface area contributed by atoms with E-state index in [4.69, 9.17) is 5.26 Å². The minimum Gasteiger partial charge on any atom is -0.198 e. The SMILES string of the molecule is CCC(C#N)CC.[Ti]. The van der Waals surface area contributed by atoms with Crippen LogP contribution in [0.25, 0.3) is 0 Å². The van der Waals surface area contributed by atoms with E-state index in [2.05, 4.69) is 6.07 Å². The third kappa shape index (κ3) is 4.37. The predicted octanol–water partition coefficient (Wildman–Crippen LogP) is 1.94. The van der Waals surface area contributed by atoms with Gasteiger partial charge in [0.15, 0.2) is 0 Å². The summed E-state index contributed by atoms with van der Waals surface area (Å²) in [4.78, 5) is 0. The van der Waals surface area contributed by atoms with Gasteiger partial charge in [0.05, 0.1) is 6.07 Å². The standard InChI is InChI=1S/C6H11N.Ti/c1-3-6(4-2)5-7;/h6H,3-4H2,1-2H3;. The fourth-order valence-electron chi connectivity index (χ4n) is 0.471. The fraction of sp³-hybridized carbons (Fsp3) is 0.833. The first-order valence-electron chi connectivity index (χ1n) is 2.74. The Labute approximate surface area is 66.0 Å². The second kappa shape index (κ2) is 7.20. The Hall–Kier alpha value is 0.204. The van der Waals surface area contributed by atoms with Gasteiger partial charge in [0.25, 0.3) is 0 Å². The summed E-state index contributed by atoms with van der Waals surface area (Å²) in [7, 11) is 0. The molecule has 8 heavy (non-hydrogen) atoms. The van der Waals surface area contributed by atoms with Crippen LogP contribution in [-0.4, -0.2) is 0 Å². The van der Waals surface area contributed by atoms with Crippen molar-refractivity contribution < 1.29 is 21.7 Å². The quantitative estimate of drug-likeness (QED) is 0.544. The van der Waals surface area contributed by atoms with Crippen LogP contribution in [0.4, 0.5) is 0 Å². The summed E-state index contributed by atoms with van der Waals surface area (Å²) in [5.74, 6) is 0.292. The normalized spacial score (nSPS) is 7.75. The van der Waals surface area contributed by atoms with E-state index < -0.39 is 0 Å². The molecule has 0 aliphatic heterocycles. The molecule has 0 aliphatic carbocycles. The number of nitrogens with zero attached hydrogens (tertiary/aromatic N) is 1. The van der Waals surface area contributed by atoms with Crippen molar-refractivity contribution in [3.8, 4) is 6.07 Å². The van der Waals surface area contributed by atoms with E-state index in [-0.39, 0.29) is 21.7 Å². The molecule has 0 saturated heterocycles. The molecule has 0 radical (unpaired) electrons. The maximum atomic E-state index is 8.28. The maximum absolute atomic E-state index is 8.28. The van der Waals surface area contributed by atoms with Crippen molar-refractivity contribution in [2.75, 3.05) is 0 Å². The molecule has 0 aromatic carbocycles. The van der Waals surface area contributed by atoms with Crippen molar-refractivity contribution in [1.29, 1.82) is 5.26 Å². The van der Waals surface area contributed by atoms with Gasteiger partial charge in [-0.1, -0.05) is 13.8 Å². The molecule has 0 spiro atoms. The van der Waals surface area contributed by atoms with Crippen LogP contribution in [0.2, 0.25) is 0 Å². The third-order valence-electron chi connectivity index (χ3n) is 1.17. The zero-order valence-corrected chi connectivity index (χ0v) is 7.00. The Balaban J connectivity index is 0. The van der Waals surface area contributed by atoms with Crippen molar-refractivity contribution in [2.45, 2.75) is 26.7 Å². The van der Waals surface area contributed by atoms with E-state index in [0.29, 0.717) is 5.92 Å². The topological polar surface area (TPSA) is 23.8 Å². The molecule has 0 rings (SSSR count). The van der Waals surface area contributed by atoms with Crippen LogP contribution in [0.3, 0.4) is 0 Å². The van der Waals surface area contributed by atoms with Crippen LogP contribution in [-0.2, 0) is 21.7 Å². The Morgan fingerprint density at radius 1 is 1.38 bits per heavy atom. The molecule has 0 aliphatic rings. The van der Waals surface area contributed by atoms with Gasteiger partial charge in [-0.25, -0.2) is 0 Å². The van der Waals surface area contributed by atoms with E-state index in [1.54, 1.807) is 0 Å². The van der Waals surface area contributed by atoms with Gasteiger partial charge in [-0.15, -0.1) is 0 Å². The van der Waals surface area contributed by atoms with E-state index in [0.717, 1.165) is 12.8 Å². The molecule has 0 fully saturated rings. The Kier molecular flexibility index (Phi) is 9.96. The molecule has 0 heterocycles. The third-order valence-corrected chi connectivity index (χ3v) is 1.17. The van der Waals surface area contributed by atoms with Crippen LogP contribution in [0.1, 0.15) is 26.7 Å². The minimum absolute atomic E-state index is 0. The summed E-state index contributed by atoms with van der Waals surface area (Å²) in [6.07, 6.45) is 1.99. The molecule has 0 atom stereocenters. The smallest absolute Gasteiger partial charge is 0.0655 e. The second-order valence-corrected chi connectivity index (χ2v) is 1.64. The molecule has 0 aromatic rings. The first-order chi connectivity index (χ1) is 3.35. The molecular weight excluding hydrogens is 134 g/mol. The van der Waals surface area contributed by atoms with Gasteiger partial charge in [-0.05, 0) is 12.8 Å². The maximum Gasteiger partial charge on any atom is 0.0655 e. The zero-order chi connectivity index (χ0) is 5.70. The summed E-state index contributed by atoms with van der Waals surface area (Å²) in [6.45, 7) is 4.08. The molecule has 1 nitrogen and oxygen atoms in total. The first kappa shape index (κ1) is 11.1. The number of hydrogen-bond donors (Lipinski definition) is 0. The average Bonchev–Trinajstić information content (AvgIpc) is 1.72. The van der Waals surface area contributed by atoms with Gasteiger partial charge < -0.3 is 0 Å². The van der Waals surface area contributed by atoms with Gasteiger partial charge in [0.2, 0.25) is 0 Å². The van der Waals surface area contributed by atoms with E-state index in [9.17, 15) is 0 Å². The fourth-order valence-corrected chi connectivity index (χ4v) is 0.471. The summed E-state index contributed by atoms with van der Waals surface area (Å²) in [6, 6.07) is 2.20. The van der Waals surface area contributed by atoms with Crippen molar-refractivity contribution in [2.24, 2.45) is 5.92 Å². The van der Waals surface area contributed by atoms with E-state index in [1.807, 2.05) is 13.8 Å². The molecule has 0 unspecified atom stereocenters. The molecule has 0 bridgehead atoms. The largest absolute Gasteiger partial charge is 0.198 e. The van der Waals surface area contributed by atoms with Crippen LogP contribution < -0.4 is 0 Å². The molecule has 0 saturated carbocycles. The Bertz CT molecular complexity index is 71.1. The van der Waals surface area contributed by atoms with Crippen LogP contribution in [0.15, 0.2) is 0 Å². The average molecular weight is 145 g/mol. The van der Waals surface area contributed by atoms with Gasteiger partial charge in [-0.3, -0.25) is 0 Å². The Morgan fingerprint density at radius 2 is 1.75 bits per heavy atom. The molecule has 0 amide bonds. The van der Waals surface area contributed by atoms with Gasteiger partial charge in [-0.2, -0.15) is 5.26 Å². The molecular formula is C6H11NTi. The summed E-state index contributed by atoms with van der Waals surface area (Å²) in [5.41, 5.74) is 0. The summed E-state index contributed by atoms with van der Waals surface area (Å²) in [5, 5.41) is 8.28. The van der Waals surface area contributed by atoms with E-state index >= 15 is 0 Å². The molecule has 0 N–H and O–H groups in total. The van der Waals surface area contributed by atoms with Crippen LogP contribution in [0, 0.1) is 17.2 Å². The van der Waals surface area contributed by atoms with Crippen molar-refractivity contribution >= 4 is 0 Å². The molecule has 2 heteroatoms. The van der Waals surface area contributed by atoms with Crippen LogP contribution >= 0.6 is 0 Å². The second-order valence-electron chi connectivity index (χ2n) is 1.64. The van der Waals surface area contributed by atoms with Gasteiger partial charge in [0, 0.05) is 27.6 Å². The van der Waals surface area contributed by atoms with Gasteiger partial charge in [0.1, 0.15) is 0 Å². The number of rotatable bonds is 2. The number of nitriles is 1. The monoisotopic (exact) mass is 145 g/mol. The van der Waals surface area contributed by atoms with Crippen molar-refractivity contribution in [3.05, 3.63) is 0 Å². The summed E-state index contributed by atoms with van der Waals surface area (Å²) >= 11 is 0. The first-order valence-corrected chi connectivity index (χ1v) is 2.74. The number of hydrogen-bond acceptors (Lipinski definition) is 1. The zero-order valence-electron chi connectivity index (χ0n) is 5.44. The van der Waals surface area contributed by atoms with Crippen molar-refractivity contribution in [1.82, 2.24) is 0 Å². The Morgan fingerprint density at radius 3 is 1.75 bits per heavy atom. The minimum atomic E-state index is 0.